The summed E-state index contributed by atoms with van der Waals surface area (Å²) in [6.07, 6.45) is 1.84. The van der Waals surface area contributed by atoms with Gasteiger partial charge in [0.05, 0.1) is 25.5 Å². The Morgan fingerprint density at radius 2 is 1.87 bits per heavy atom. The number of benzene rings is 2. The molecule has 1 fully saturated rings. The Morgan fingerprint density at radius 3 is 2.62 bits per heavy atom. The molecule has 2 aliphatic rings. The zero-order valence-electron chi connectivity index (χ0n) is 22.9. The minimum Gasteiger partial charge on any atom is -0.496 e. The van der Waals surface area contributed by atoms with Crippen LogP contribution in [0.5, 0.6) is 5.75 Å². The summed E-state index contributed by atoms with van der Waals surface area (Å²) in [5.41, 5.74) is 2.17. The second-order valence-electron chi connectivity index (χ2n) is 11.5. The van der Waals surface area contributed by atoms with Crippen molar-refractivity contribution in [2.24, 2.45) is 16.7 Å². The maximum atomic E-state index is 13.4. The molecule has 208 valence electrons. The lowest BCUT2D eigenvalue weighted by Crippen LogP contribution is -2.57. The molecule has 39 heavy (non-hydrogen) atoms. The molecule has 0 saturated heterocycles. The lowest BCUT2D eigenvalue weighted by Gasteiger charge is -2.58. The molecule has 7 nitrogen and oxygen atoms in total. The summed E-state index contributed by atoms with van der Waals surface area (Å²) in [6.45, 7) is 5.20. The van der Waals surface area contributed by atoms with Gasteiger partial charge in [-0.3, -0.25) is 4.79 Å². The van der Waals surface area contributed by atoms with Crippen molar-refractivity contribution in [1.82, 2.24) is 10.3 Å². The van der Waals surface area contributed by atoms with Gasteiger partial charge >= 0.3 is 0 Å². The normalized spacial score (nSPS) is 27.8. The summed E-state index contributed by atoms with van der Waals surface area (Å²) in [4.78, 5) is 19.6. The van der Waals surface area contributed by atoms with Crippen LogP contribution in [-0.2, 0) is 24.3 Å². The minimum absolute atomic E-state index is 0.0284. The van der Waals surface area contributed by atoms with Gasteiger partial charge in [-0.2, -0.15) is 0 Å². The predicted molar refractivity (Wildman–Crippen MR) is 154 cm³/mol. The van der Waals surface area contributed by atoms with E-state index < -0.39 is 11.5 Å². The van der Waals surface area contributed by atoms with E-state index in [4.69, 9.17) is 9.72 Å². The molecule has 1 aromatic heterocycles. The Labute approximate surface area is 234 Å². The van der Waals surface area contributed by atoms with Crippen LogP contribution in [0.2, 0.25) is 0 Å². The van der Waals surface area contributed by atoms with E-state index in [0.717, 1.165) is 39.9 Å². The van der Waals surface area contributed by atoms with Crippen LogP contribution in [0.3, 0.4) is 0 Å². The molecule has 1 saturated carbocycles. The van der Waals surface area contributed by atoms with Crippen molar-refractivity contribution >= 4 is 22.4 Å². The van der Waals surface area contributed by atoms with E-state index in [1.165, 1.54) is 5.56 Å². The first-order valence-electron chi connectivity index (χ1n) is 13.7. The number of thiazole rings is 1. The summed E-state index contributed by atoms with van der Waals surface area (Å²) in [6, 6.07) is 17.9. The van der Waals surface area contributed by atoms with Crippen LogP contribution in [0.4, 0.5) is 5.13 Å². The first-order chi connectivity index (χ1) is 18.8. The molecule has 0 bridgehead atoms. The number of nitrogens with zero attached hydrogens (tertiary/aromatic N) is 1. The smallest absolute Gasteiger partial charge is 0.220 e. The average Bonchev–Trinajstić information content (AvgIpc) is 3.37. The first-order valence-corrected chi connectivity index (χ1v) is 14.5. The Hall–Kier alpha value is -2.94. The van der Waals surface area contributed by atoms with Crippen molar-refractivity contribution in [3.8, 4) is 5.75 Å². The van der Waals surface area contributed by atoms with Crippen LogP contribution in [-0.4, -0.2) is 40.9 Å². The minimum atomic E-state index is -0.640. The molecule has 4 N–H and O–H groups in total. The first kappa shape index (κ1) is 27.6. The number of hydrogen-bond donors (Lipinski definition) is 4. The number of carbonyl (C=O) groups is 1. The number of aliphatic hydroxyl groups excluding tert-OH is 2. The number of ether oxygens (including phenoxy) is 1. The third kappa shape index (κ3) is 5.30. The van der Waals surface area contributed by atoms with Crippen molar-refractivity contribution in [1.29, 1.82) is 0 Å². The lowest BCUT2D eigenvalue weighted by molar-refractivity contribution is -0.144. The number of amides is 1. The summed E-state index contributed by atoms with van der Waals surface area (Å²) in [5, 5.41) is 28.9. The zero-order chi connectivity index (χ0) is 27.6. The Kier molecular flexibility index (Phi) is 7.99. The molecule has 3 aromatic rings. The molecule has 8 heteroatoms. The number of carbonyl (C=O) groups excluding carboxylic acids is 1. The summed E-state index contributed by atoms with van der Waals surface area (Å²) in [5.74, 6) is 0.618. The third-order valence-corrected chi connectivity index (χ3v) is 10.3. The van der Waals surface area contributed by atoms with Gasteiger partial charge in [0.15, 0.2) is 5.13 Å². The van der Waals surface area contributed by atoms with Crippen LogP contribution < -0.4 is 15.4 Å². The number of rotatable bonds is 9. The highest BCUT2D eigenvalue weighted by atomic mass is 32.1. The zero-order valence-corrected chi connectivity index (χ0v) is 23.8. The fourth-order valence-corrected chi connectivity index (χ4v) is 7.86. The molecule has 2 aliphatic carbocycles. The van der Waals surface area contributed by atoms with Gasteiger partial charge < -0.3 is 25.6 Å². The van der Waals surface area contributed by atoms with E-state index in [0.29, 0.717) is 25.9 Å². The fourth-order valence-electron chi connectivity index (χ4n) is 6.80. The van der Waals surface area contributed by atoms with E-state index in [1.54, 1.807) is 18.4 Å². The van der Waals surface area contributed by atoms with Gasteiger partial charge in [-0.25, -0.2) is 4.98 Å². The Balaban J connectivity index is 1.42. The van der Waals surface area contributed by atoms with Crippen LogP contribution in [0.15, 0.2) is 54.6 Å². The van der Waals surface area contributed by atoms with Crippen molar-refractivity contribution in [3.05, 3.63) is 76.3 Å². The molecule has 1 heterocycles. The Morgan fingerprint density at radius 1 is 1.13 bits per heavy atom. The van der Waals surface area contributed by atoms with Crippen molar-refractivity contribution in [2.45, 2.75) is 64.6 Å². The quantitative estimate of drug-likeness (QED) is 0.303. The maximum absolute atomic E-state index is 13.4. The van der Waals surface area contributed by atoms with Gasteiger partial charge in [0.2, 0.25) is 5.91 Å². The lowest BCUT2D eigenvalue weighted by atomic mass is 9.47. The number of fused-ring (bicyclic) bond motifs is 2. The predicted octanol–water partition coefficient (Wildman–Crippen LogP) is 4.89. The number of anilines is 1. The molecule has 5 atom stereocenters. The molecular formula is C31H39N3O4S. The number of para-hydroxylation sites is 1. The van der Waals surface area contributed by atoms with Gasteiger partial charge in [0, 0.05) is 41.3 Å². The van der Waals surface area contributed by atoms with Crippen LogP contribution in [0, 0.1) is 16.7 Å². The highest BCUT2D eigenvalue weighted by Crippen LogP contribution is 2.62. The SMILES string of the molecule is COc1ccccc1CNC(=O)CC1c2nc(NCc3ccccc3)sc2CC2C(C)(CO)C(O)CCC12C. The third-order valence-electron chi connectivity index (χ3n) is 9.24. The van der Waals surface area contributed by atoms with E-state index in [2.05, 4.69) is 29.7 Å². The molecule has 5 unspecified atom stereocenters. The average molecular weight is 550 g/mol. The summed E-state index contributed by atoms with van der Waals surface area (Å²) >= 11 is 1.63. The van der Waals surface area contributed by atoms with Crippen LogP contribution in [0.25, 0.3) is 0 Å². The van der Waals surface area contributed by atoms with E-state index in [1.807, 2.05) is 49.4 Å². The van der Waals surface area contributed by atoms with E-state index in [9.17, 15) is 15.0 Å². The van der Waals surface area contributed by atoms with Crippen molar-refractivity contribution < 1.29 is 19.7 Å². The highest BCUT2D eigenvalue weighted by molar-refractivity contribution is 7.15. The maximum Gasteiger partial charge on any atom is 0.220 e. The summed E-state index contributed by atoms with van der Waals surface area (Å²) in [7, 11) is 1.63. The van der Waals surface area contributed by atoms with Crippen LogP contribution >= 0.6 is 11.3 Å². The standard InChI is InChI=1S/C31H39N3O4S/c1-30-14-13-26(36)31(2,19-35)25(30)16-24-28(34-29(39-24)33-17-20-9-5-4-6-10-20)22(30)15-27(37)32-18-21-11-7-8-12-23(21)38-3/h4-12,22,25-26,35-36H,13-19H2,1-3H3,(H,32,37)(H,33,34). The number of aliphatic hydroxyl groups is 2. The van der Waals surface area contributed by atoms with Gasteiger partial charge in [-0.05, 0) is 42.2 Å². The molecular weight excluding hydrogens is 510 g/mol. The monoisotopic (exact) mass is 549 g/mol. The van der Waals surface area contributed by atoms with Gasteiger partial charge in [-0.1, -0.05) is 62.4 Å². The van der Waals surface area contributed by atoms with Gasteiger partial charge in [0.1, 0.15) is 5.75 Å². The fraction of sp³-hybridized carbons (Fsp3) is 0.484. The second kappa shape index (κ2) is 11.3. The molecule has 0 radical (unpaired) electrons. The van der Waals surface area contributed by atoms with Gasteiger partial charge in [0.25, 0.3) is 0 Å². The largest absolute Gasteiger partial charge is 0.496 e. The summed E-state index contributed by atoms with van der Waals surface area (Å²) < 4.78 is 5.45. The topological polar surface area (TPSA) is 104 Å². The highest BCUT2D eigenvalue weighted by Gasteiger charge is 2.59. The van der Waals surface area contributed by atoms with Crippen molar-refractivity contribution in [3.63, 3.8) is 0 Å². The Bertz CT molecular complexity index is 1300. The van der Waals surface area contributed by atoms with E-state index >= 15 is 0 Å². The molecule has 2 aromatic carbocycles. The number of methoxy groups -OCH3 is 1. The number of aromatic nitrogens is 1. The molecule has 0 spiro atoms. The molecule has 5 rings (SSSR count). The molecule has 1 amide bonds. The molecule has 0 aliphatic heterocycles. The number of hydrogen-bond acceptors (Lipinski definition) is 7. The number of nitrogens with one attached hydrogen (secondary N) is 2. The van der Waals surface area contributed by atoms with E-state index in [-0.39, 0.29) is 29.8 Å². The van der Waals surface area contributed by atoms with Gasteiger partial charge in [-0.15, -0.1) is 11.3 Å². The van der Waals surface area contributed by atoms with Crippen LogP contribution in [0.1, 0.15) is 60.7 Å². The second-order valence-corrected chi connectivity index (χ2v) is 12.6. The van der Waals surface area contributed by atoms with Crippen molar-refractivity contribution in [2.75, 3.05) is 19.0 Å².